The smallest absolute Gasteiger partial charge is 0.237 e. The Morgan fingerprint density at radius 3 is 2.53 bits per heavy atom. The minimum absolute atomic E-state index is 0.202. The summed E-state index contributed by atoms with van der Waals surface area (Å²) in [5, 5.41) is 29.2. The molecule has 0 saturated heterocycles. The van der Waals surface area contributed by atoms with Gasteiger partial charge in [0.2, 0.25) is 5.71 Å². The zero-order chi connectivity index (χ0) is 12.7. The van der Waals surface area contributed by atoms with Crippen LogP contribution in [0.1, 0.15) is 15.9 Å². The van der Waals surface area contributed by atoms with Crippen LogP contribution in [0.3, 0.4) is 0 Å². The van der Waals surface area contributed by atoms with Crippen LogP contribution in [-0.2, 0) is 0 Å². The summed E-state index contributed by atoms with van der Waals surface area (Å²) < 4.78 is 0. The summed E-state index contributed by atoms with van der Waals surface area (Å²) in [7, 11) is 0. The van der Waals surface area contributed by atoms with Gasteiger partial charge in [0, 0.05) is 5.56 Å². The zero-order valence-corrected chi connectivity index (χ0v) is 8.51. The fraction of sp³-hybridized carbons (Fsp3) is 0. The molecule has 6 heteroatoms. The van der Waals surface area contributed by atoms with E-state index in [4.69, 9.17) is 15.8 Å². The summed E-state index contributed by atoms with van der Waals surface area (Å²) in [5.74, 6) is 0. The molecule has 0 spiro atoms. The van der Waals surface area contributed by atoms with Crippen LogP contribution in [0.4, 0.5) is 5.69 Å². The molecule has 6 nitrogen and oxygen atoms in total. The van der Waals surface area contributed by atoms with Crippen molar-refractivity contribution in [2.24, 2.45) is 5.10 Å². The second-order valence-corrected chi connectivity index (χ2v) is 2.83. The molecule has 0 aliphatic heterocycles. The second kappa shape index (κ2) is 5.65. The van der Waals surface area contributed by atoms with Crippen LogP contribution in [0.2, 0.25) is 0 Å². The predicted octanol–water partition coefficient (Wildman–Crippen LogP) is 1.19. The van der Waals surface area contributed by atoms with Crippen molar-refractivity contribution < 1.29 is 4.79 Å². The van der Waals surface area contributed by atoms with Gasteiger partial charge in [-0.1, -0.05) is 0 Å². The second-order valence-electron chi connectivity index (χ2n) is 2.83. The van der Waals surface area contributed by atoms with E-state index in [1.54, 1.807) is 12.1 Å². The number of anilines is 1. The molecule has 0 fully saturated rings. The number of aldehydes is 1. The highest BCUT2D eigenvalue weighted by atomic mass is 16.1. The minimum atomic E-state index is -0.353. The Morgan fingerprint density at radius 1 is 1.29 bits per heavy atom. The number of nitriles is 3. The van der Waals surface area contributed by atoms with Gasteiger partial charge in [-0.3, -0.25) is 10.2 Å². The van der Waals surface area contributed by atoms with Crippen LogP contribution in [0.15, 0.2) is 23.3 Å². The number of hydrogen-bond donors (Lipinski definition) is 1. The largest absolute Gasteiger partial charge is 0.298 e. The molecule has 1 rings (SSSR count). The summed E-state index contributed by atoms with van der Waals surface area (Å²) in [5.41, 5.74) is 2.95. The maximum absolute atomic E-state index is 10.5. The first kappa shape index (κ1) is 11.9. The molecule has 0 radical (unpaired) electrons. The average molecular weight is 223 g/mol. The Bertz CT molecular complexity index is 582. The van der Waals surface area contributed by atoms with E-state index in [1.165, 1.54) is 18.2 Å². The Hall–Kier alpha value is -3.17. The van der Waals surface area contributed by atoms with E-state index in [0.717, 1.165) is 0 Å². The van der Waals surface area contributed by atoms with E-state index in [1.807, 2.05) is 6.07 Å². The molecule has 0 amide bonds. The Balaban J connectivity index is 3.06. The molecule has 0 unspecified atom stereocenters. The number of nitrogens with one attached hydrogen (secondary N) is 1. The van der Waals surface area contributed by atoms with Gasteiger partial charge < -0.3 is 0 Å². The van der Waals surface area contributed by atoms with Gasteiger partial charge in [-0.15, -0.1) is 0 Å². The van der Waals surface area contributed by atoms with Crippen LogP contribution in [0, 0.1) is 34.0 Å². The van der Waals surface area contributed by atoms with E-state index in [2.05, 4.69) is 10.5 Å². The Kier molecular flexibility index (Phi) is 3.95. The van der Waals surface area contributed by atoms with E-state index in [-0.39, 0.29) is 11.3 Å². The first-order valence-electron chi connectivity index (χ1n) is 4.38. The van der Waals surface area contributed by atoms with Crippen molar-refractivity contribution in [3.05, 3.63) is 29.3 Å². The number of hydrogen-bond acceptors (Lipinski definition) is 6. The Morgan fingerprint density at radius 2 is 2.00 bits per heavy atom. The Labute approximate surface area is 97.0 Å². The van der Waals surface area contributed by atoms with Gasteiger partial charge in [0.15, 0.2) is 0 Å². The molecule has 1 aromatic rings. The topological polar surface area (TPSA) is 113 Å². The van der Waals surface area contributed by atoms with Gasteiger partial charge >= 0.3 is 0 Å². The van der Waals surface area contributed by atoms with Gasteiger partial charge in [-0.05, 0) is 18.2 Å². The normalized spacial score (nSPS) is 8.06. The highest BCUT2D eigenvalue weighted by Gasteiger charge is 2.03. The maximum atomic E-state index is 10.5. The van der Waals surface area contributed by atoms with Gasteiger partial charge in [0.05, 0.1) is 11.3 Å². The average Bonchev–Trinajstić information content (AvgIpc) is 2.39. The van der Waals surface area contributed by atoms with E-state index < -0.39 is 0 Å². The monoisotopic (exact) mass is 223 g/mol. The third-order valence-electron chi connectivity index (χ3n) is 1.80. The summed E-state index contributed by atoms with van der Waals surface area (Å²) in [4.78, 5) is 10.5. The van der Waals surface area contributed by atoms with Crippen LogP contribution in [0.25, 0.3) is 0 Å². The van der Waals surface area contributed by atoms with E-state index >= 15 is 0 Å². The maximum Gasteiger partial charge on any atom is 0.237 e. The molecule has 0 bridgehead atoms. The number of nitrogens with zero attached hydrogens (tertiary/aromatic N) is 4. The number of carbonyl (C=O) groups is 1. The SMILES string of the molecule is N#CC(C#N)=NNc1ccc(C=O)cc1C#N. The lowest BCUT2D eigenvalue weighted by Crippen LogP contribution is -1.98. The van der Waals surface area contributed by atoms with E-state index in [9.17, 15) is 4.79 Å². The molecule has 0 aliphatic rings. The van der Waals surface area contributed by atoms with Crippen molar-refractivity contribution in [1.82, 2.24) is 0 Å². The molecular weight excluding hydrogens is 218 g/mol. The third-order valence-corrected chi connectivity index (χ3v) is 1.80. The lowest BCUT2D eigenvalue weighted by Gasteiger charge is -2.02. The minimum Gasteiger partial charge on any atom is -0.298 e. The molecule has 1 N–H and O–H groups in total. The fourth-order valence-corrected chi connectivity index (χ4v) is 1.02. The molecule has 0 heterocycles. The van der Waals surface area contributed by atoms with Gasteiger partial charge in [-0.2, -0.15) is 20.9 Å². The van der Waals surface area contributed by atoms with Crippen LogP contribution < -0.4 is 5.43 Å². The predicted molar refractivity (Wildman–Crippen MR) is 58.8 cm³/mol. The molecule has 1 aromatic carbocycles. The molecule has 0 atom stereocenters. The fourth-order valence-electron chi connectivity index (χ4n) is 1.02. The quantitative estimate of drug-likeness (QED) is 0.469. The van der Waals surface area contributed by atoms with Crippen molar-refractivity contribution in [2.45, 2.75) is 0 Å². The highest BCUT2D eigenvalue weighted by Crippen LogP contribution is 2.15. The number of carbonyl (C=O) groups excluding carboxylic acids is 1. The van der Waals surface area contributed by atoms with Crippen molar-refractivity contribution in [2.75, 3.05) is 5.43 Å². The molecule has 0 aromatic heterocycles. The summed E-state index contributed by atoms with van der Waals surface area (Å²) in [6, 6.07) is 9.35. The number of rotatable bonds is 3. The van der Waals surface area contributed by atoms with Gasteiger partial charge in [-0.25, -0.2) is 0 Å². The summed E-state index contributed by atoms with van der Waals surface area (Å²) >= 11 is 0. The molecular formula is C11H5N5O. The van der Waals surface area contributed by atoms with Gasteiger partial charge in [0.25, 0.3) is 0 Å². The molecule has 80 valence electrons. The third kappa shape index (κ3) is 2.89. The standard InChI is InChI=1S/C11H5N5O/c12-4-9-3-8(7-17)1-2-11(9)16-15-10(5-13)6-14/h1-3,7,16H. The first-order chi connectivity index (χ1) is 8.24. The molecule has 0 saturated carbocycles. The highest BCUT2D eigenvalue weighted by molar-refractivity contribution is 6.10. The molecule has 17 heavy (non-hydrogen) atoms. The summed E-state index contributed by atoms with van der Waals surface area (Å²) in [6.45, 7) is 0. The van der Waals surface area contributed by atoms with Crippen LogP contribution in [0.5, 0.6) is 0 Å². The number of hydrazone groups is 1. The van der Waals surface area contributed by atoms with Crippen LogP contribution in [-0.4, -0.2) is 12.0 Å². The summed E-state index contributed by atoms with van der Waals surface area (Å²) in [6.07, 6.45) is 0.615. The van der Waals surface area contributed by atoms with Crippen molar-refractivity contribution >= 4 is 17.7 Å². The lowest BCUT2D eigenvalue weighted by molar-refractivity contribution is 0.112. The van der Waals surface area contributed by atoms with Crippen molar-refractivity contribution in [3.63, 3.8) is 0 Å². The van der Waals surface area contributed by atoms with Crippen LogP contribution >= 0.6 is 0 Å². The molecule has 0 aliphatic carbocycles. The van der Waals surface area contributed by atoms with Crippen molar-refractivity contribution in [1.29, 1.82) is 15.8 Å². The van der Waals surface area contributed by atoms with Gasteiger partial charge in [0.1, 0.15) is 24.5 Å². The first-order valence-corrected chi connectivity index (χ1v) is 4.38. The van der Waals surface area contributed by atoms with Crippen molar-refractivity contribution in [3.8, 4) is 18.2 Å². The lowest BCUT2D eigenvalue weighted by atomic mass is 10.1. The van der Waals surface area contributed by atoms with E-state index in [0.29, 0.717) is 17.5 Å². The number of benzene rings is 1. The zero-order valence-electron chi connectivity index (χ0n) is 8.51.